The van der Waals surface area contributed by atoms with E-state index in [1.807, 2.05) is 0 Å². The highest BCUT2D eigenvalue weighted by Crippen LogP contribution is 2.13. The molecule has 0 aliphatic heterocycles. The lowest BCUT2D eigenvalue weighted by Gasteiger charge is -2.18. The maximum absolute atomic E-state index is 12.9. The quantitative estimate of drug-likeness (QED) is 0.0199. The molecule has 0 saturated carbocycles. The first kappa shape index (κ1) is 66.1. The Kier molecular flexibility index (Phi) is 54.4. The van der Waals surface area contributed by atoms with E-state index in [0.717, 1.165) is 135 Å². The third-order valence-electron chi connectivity index (χ3n) is 12.1. The normalized spacial score (nSPS) is 12.9. The first-order valence-corrected chi connectivity index (χ1v) is 28.9. The molecule has 0 aromatic carbocycles. The molecule has 0 amide bonds. The molecular formula is C64H106O6. The maximum Gasteiger partial charge on any atom is 0.306 e. The second kappa shape index (κ2) is 57.6. The monoisotopic (exact) mass is 971 g/mol. The van der Waals surface area contributed by atoms with Gasteiger partial charge in [-0.05, 0) is 109 Å². The van der Waals surface area contributed by atoms with Crippen LogP contribution in [0, 0.1) is 0 Å². The molecule has 70 heavy (non-hydrogen) atoms. The van der Waals surface area contributed by atoms with Crippen molar-refractivity contribution in [2.24, 2.45) is 0 Å². The van der Waals surface area contributed by atoms with Crippen LogP contribution in [0.15, 0.2) is 109 Å². The highest BCUT2D eigenvalue weighted by Gasteiger charge is 2.19. The largest absolute Gasteiger partial charge is 0.462 e. The zero-order chi connectivity index (χ0) is 50.7. The Morgan fingerprint density at radius 1 is 0.314 bits per heavy atom. The Balaban J connectivity index is 4.52. The molecule has 1 atom stereocenters. The highest BCUT2D eigenvalue weighted by molar-refractivity contribution is 5.71. The lowest BCUT2D eigenvalue weighted by atomic mass is 10.1. The van der Waals surface area contributed by atoms with Crippen molar-refractivity contribution in [3.8, 4) is 0 Å². The van der Waals surface area contributed by atoms with Crippen molar-refractivity contribution in [2.75, 3.05) is 13.2 Å². The summed E-state index contributed by atoms with van der Waals surface area (Å²) in [6, 6.07) is 0. The average Bonchev–Trinajstić information content (AvgIpc) is 3.36. The van der Waals surface area contributed by atoms with E-state index < -0.39 is 6.10 Å². The van der Waals surface area contributed by atoms with Gasteiger partial charge in [-0.15, -0.1) is 0 Å². The predicted molar refractivity (Wildman–Crippen MR) is 302 cm³/mol. The van der Waals surface area contributed by atoms with Crippen molar-refractivity contribution in [2.45, 2.75) is 264 Å². The van der Waals surface area contributed by atoms with Gasteiger partial charge in [-0.3, -0.25) is 14.4 Å². The molecule has 0 aromatic rings. The van der Waals surface area contributed by atoms with Gasteiger partial charge in [-0.1, -0.05) is 239 Å². The zero-order valence-electron chi connectivity index (χ0n) is 45.5. The topological polar surface area (TPSA) is 78.9 Å². The summed E-state index contributed by atoms with van der Waals surface area (Å²) in [4.78, 5) is 38.2. The SMILES string of the molecule is CC/C=C\C/C=C\C/C=C\C/C=C\CCCCCC(=O)OCC(COC(=O)CCCCCCC\C=C/C=C\C=C/CCCCCCC)OC(=O)CCCCCCC/C=C\C=C/CCCCCCCCC. The minimum absolute atomic E-state index is 0.107. The lowest BCUT2D eigenvalue weighted by molar-refractivity contribution is -0.167. The number of ether oxygens (including phenoxy) is 3. The summed E-state index contributed by atoms with van der Waals surface area (Å²) < 4.78 is 16.8. The number of unbranched alkanes of at least 4 members (excludes halogenated alkanes) is 25. The Labute approximate surface area is 431 Å². The lowest BCUT2D eigenvalue weighted by Crippen LogP contribution is -2.30. The summed E-state index contributed by atoms with van der Waals surface area (Å²) in [5, 5.41) is 0. The van der Waals surface area contributed by atoms with Crippen LogP contribution in [0.4, 0.5) is 0 Å². The van der Waals surface area contributed by atoms with E-state index in [1.54, 1.807) is 0 Å². The summed E-state index contributed by atoms with van der Waals surface area (Å²) in [7, 11) is 0. The van der Waals surface area contributed by atoms with Crippen LogP contribution in [0.5, 0.6) is 0 Å². The van der Waals surface area contributed by atoms with Gasteiger partial charge >= 0.3 is 17.9 Å². The van der Waals surface area contributed by atoms with Crippen LogP contribution in [0.1, 0.15) is 258 Å². The molecule has 0 bridgehead atoms. The van der Waals surface area contributed by atoms with Gasteiger partial charge in [0.25, 0.3) is 0 Å². The van der Waals surface area contributed by atoms with Crippen LogP contribution in [0.25, 0.3) is 0 Å². The second-order valence-corrected chi connectivity index (χ2v) is 18.9. The van der Waals surface area contributed by atoms with Crippen molar-refractivity contribution >= 4 is 17.9 Å². The fraction of sp³-hybridized carbons (Fsp3) is 0.672. The average molecular weight is 972 g/mol. The van der Waals surface area contributed by atoms with Gasteiger partial charge in [0, 0.05) is 19.3 Å². The van der Waals surface area contributed by atoms with Crippen LogP contribution in [-0.4, -0.2) is 37.2 Å². The van der Waals surface area contributed by atoms with Crippen molar-refractivity contribution in [1.29, 1.82) is 0 Å². The standard InChI is InChI=1S/C64H106O6/c1-4-7-10-13-16-19-22-25-28-31-33-36-39-42-45-48-51-54-57-63(66)69-60-61(59-68-62(65)56-53-50-47-44-41-38-35-30-27-24-21-18-15-12-9-6-3)70-64(67)58-55-52-49-46-43-40-37-34-32-29-26-23-20-17-14-11-8-5-2/h9,12,18,21-22,25,27-34,36-38,41,61H,4-8,10-11,13-17,19-20,23-24,26,35,39-40,42-60H2,1-3H3/b12-9-,21-18-,25-22-,30-27-,31-28-,32-29-,36-33-,37-34-,41-38-. The number of hydrogen-bond donors (Lipinski definition) is 0. The Morgan fingerprint density at radius 3 is 1.01 bits per heavy atom. The highest BCUT2D eigenvalue weighted by atomic mass is 16.6. The molecule has 0 aromatic heterocycles. The number of carbonyl (C=O) groups excluding carboxylic acids is 3. The number of hydrogen-bond acceptors (Lipinski definition) is 6. The minimum Gasteiger partial charge on any atom is -0.462 e. The van der Waals surface area contributed by atoms with Gasteiger partial charge < -0.3 is 14.2 Å². The number of rotatable bonds is 51. The van der Waals surface area contributed by atoms with Crippen LogP contribution in [0.3, 0.4) is 0 Å². The molecule has 0 heterocycles. The Morgan fingerprint density at radius 2 is 0.614 bits per heavy atom. The Bertz CT molecular complexity index is 1440. The molecule has 6 heteroatoms. The molecule has 0 saturated heterocycles. The number of carbonyl (C=O) groups is 3. The molecule has 1 unspecified atom stereocenters. The summed E-state index contributed by atoms with van der Waals surface area (Å²) in [6.07, 6.45) is 77.9. The molecule has 0 aliphatic rings. The molecule has 0 N–H and O–H groups in total. The zero-order valence-corrected chi connectivity index (χ0v) is 45.5. The third-order valence-corrected chi connectivity index (χ3v) is 12.1. The van der Waals surface area contributed by atoms with E-state index in [2.05, 4.69) is 130 Å². The van der Waals surface area contributed by atoms with Gasteiger partial charge in [-0.2, -0.15) is 0 Å². The molecule has 398 valence electrons. The van der Waals surface area contributed by atoms with Crippen LogP contribution in [0.2, 0.25) is 0 Å². The van der Waals surface area contributed by atoms with E-state index in [9.17, 15) is 14.4 Å². The van der Waals surface area contributed by atoms with Crippen molar-refractivity contribution < 1.29 is 28.6 Å². The van der Waals surface area contributed by atoms with Crippen molar-refractivity contribution in [3.63, 3.8) is 0 Å². The summed E-state index contributed by atoms with van der Waals surface area (Å²) >= 11 is 0. The first-order chi connectivity index (χ1) is 34.5. The molecule has 0 spiro atoms. The molecule has 0 rings (SSSR count). The van der Waals surface area contributed by atoms with Gasteiger partial charge in [0.2, 0.25) is 0 Å². The van der Waals surface area contributed by atoms with Gasteiger partial charge in [-0.25, -0.2) is 0 Å². The minimum atomic E-state index is -0.811. The van der Waals surface area contributed by atoms with Crippen molar-refractivity contribution in [1.82, 2.24) is 0 Å². The van der Waals surface area contributed by atoms with Crippen molar-refractivity contribution in [3.05, 3.63) is 109 Å². The summed E-state index contributed by atoms with van der Waals surface area (Å²) in [5.74, 6) is -0.971. The van der Waals surface area contributed by atoms with Crippen LogP contribution in [-0.2, 0) is 28.6 Å². The van der Waals surface area contributed by atoms with Crippen LogP contribution < -0.4 is 0 Å². The van der Waals surface area contributed by atoms with Gasteiger partial charge in [0.15, 0.2) is 6.10 Å². The predicted octanol–water partition coefficient (Wildman–Crippen LogP) is 19.5. The second-order valence-electron chi connectivity index (χ2n) is 18.9. The van der Waals surface area contributed by atoms with Gasteiger partial charge in [0.05, 0.1) is 0 Å². The maximum atomic E-state index is 12.9. The third kappa shape index (κ3) is 55.0. The number of allylic oxidation sites excluding steroid dienone is 18. The summed E-state index contributed by atoms with van der Waals surface area (Å²) in [5.41, 5.74) is 0. The molecule has 0 fully saturated rings. The van der Waals surface area contributed by atoms with Gasteiger partial charge in [0.1, 0.15) is 13.2 Å². The van der Waals surface area contributed by atoms with E-state index in [4.69, 9.17) is 14.2 Å². The van der Waals surface area contributed by atoms with Crippen LogP contribution >= 0.6 is 0 Å². The fourth-order valence-electron chi connectivity index (χ4n) is 7.72. The molecule has 6 nitrogen and oxygen atoms in total. The smallest absolute Gasteiger partial charge is 0.306 e. The Hall–Kier alpha value is -3.93. The first-order valence-electron chi connectivity index (χ1n) is 28.9. The molecular weight excluding hydrogens is 865 g/mol. The van der Waals surface area contributed by atoms with E-state index in [-0.39, 0.29) is 31.1 Å². The van der Waals surface area contributed by atoms with E-state index >= 15 is 0 Å². The molecule has 0 radical (unpaired) electrons. The van der Waals surface area contributed by atoms with E-state index in [1.165, 1.54) is 83.5 Å². The molecule has 0 aliphatic carbocycles. The number of esters is 3. The van der Waals surface area contributed by atoms with E-state index in [0.29, 0.717) is 19.3 Å². The fourth-order valence-corrected chi connectivity index (χ4v) is 7.72. The summed E-state index contributed by atoms with van der Waals surface area (Å²) in [6.45, 7) is 6.45.